The summed E-state index contributed by atoms with van der Waals surface area (Å²) in [6.45, 7) is 3.78. The summed E-state index contributed by atoms with van der Waals surface area (Å²) in [6, 6.07) is 5.73. The number of nitrogens with zero attached hydrogens (tertiary/aromatic N) is 1. The summed E-state index contributed by atoms with van der Waals surface area (Å²) in [7, 11) is 1.32. The number of nitriles is 1. The number of aryl methyl sites for hydroxylation is 2. The lowest BCUT2D eigenvalue weighted by Gasteiger charge is -2.11. The Kier molecular flexibility index (Phi) is 4.29. The molecule has 1 aromatic carbocycles. The molecule has 0 radical (unpaired) electrons. The molecule has 4 nitrogen and oxygen atoms in total. The second-order valence-electron chi connectivity index (χ2n) is 3.61. The lowest BCUT2D eigenvalue weighted by molar-refractivity contribution is 0.187. The van der Waals surface area contributed by atoms with Crippen LogP contribution in [0.4, 0.5) is 10.5 Å². The molecule has 17 heavy (non-hydrogen) atoms. The van der Waals surface area contributed by atoms with Crippen LogP contribution in [0.1, 0.15) is 16.7 Å². The third kappa shape index (κ3) is 3.35. The molecule has 1 aromatic rings. The van der Waals surface area contributed by atoms with E-state index in [4.69, 9.17) is 5.26 Å². The molecule has 0 aliphatic rings. The van der Waals surface area contributed by atoms with Crippen molar-refractivity contribution >= 4 is 17.9 Å². The smallest absolute Gasteiger partial charge is 0.411 e. The molecule has 88 valence electrons. The SMILES string of the molecule is COC(=O)Nc1c(C)cc(/C=C/C#N)cc1C. The molecule has 0 fully saturated rings. The van der Waals surface area contributed by atoms with Crippen molar-refractivity contribution in [2.75, 3.05) is 12.4 Å². The average Bonchev–Trinajstić information content (AvgIpc) is 2.30. The molecule has 0 aliphatic heterocycles. The highest BCUT2D eigenvalue weighted by Crippen LogP contribution is 2.23. The highest BCUT2D eigenvalue weighted by atomic mass is 16.5. The van der Waals surface area contributed by atoms with Gasteiger partial charge in [0.05, 0.1) is 13.2 Å². The van der Waals surface area contributed by atoms with Crippen molar-refractivity contribution < 1.29 is 9.53 Å². The van der Waals surface area contributed by atoms with Crippen molar-refractivity contribution in [3.05, 3.63) is 34.9 Å². The minimum Gasteiger partial charge on any atom is -0.453 e. The second kappa shape index (κ2) is 5.71. The normalized spacial score (nSPS) is 10.0. The Hall–Kier alpha value is -2.28. The third-order valence-corrected chi connectivity index (χ3v) is 2.32. The summed E-state index contributed by atoms with van der Waals surface area (Å²) in [5.74, 6) is 0. The first-order valence-electron chi connectivity index (χ1n) is 5.11. The summed E-state index contributed by atoms with van der Waals surface area (Å²) in [6.07, 6.45) is 2.65. The maximum atomic E-state index is 11.2. The van der Waals surface area contributed by atoms with Crippen LogP contribution in [0.2, 0.25) is 0 Å². The van der Waals surface area contributed by atoms with Crippen LogP contribution in [0.25, 0.3) is 6.08 Å². The average molecular weight is 230 g/mol. The van der Waals surface area contributed by atoms with Crippen LogP contribution < -0.4 is 5.32 Å². The van der Waals surface area contributed by atoms with Crippen molar-refractivity contribution in [1.29, 1.82) is 5.26 Å². The van der Waals surface area contributed by atoms with Gasteiger partial charge in [-0.05, 0) is 48.7 Å². The van der Waals surface area contributed by atoms with Gasteiger partial charge in [-0.1, -0.05) is 0 Å². The highest BCUT2D eigenvalue weighted by Gasteiger charge is 2.07. The van der Waals surface area contributed by atoms with E-state index in [1.807, 2.05) is 32.0 Å². The van der Waals surface area contributed by atoms with Crippen LogP contribution in [0, 0.1) is 25.2 Å². The Balaban J connectivity index is 3.07. The maximum absolute atomic E-state index is 11.2. The molecular formula is C13H14N2O2. The third-order valence-electron chi connectivity index (χ3n) is 2.32. The number of anilines is 1. The van der Waals surface area contributed by atoms with E-state index in [1.54, 1.807) is 6.08 Å². The fraction of sp³-hybridized carbons (Fsp3) is 0.231. The minimum absolute atomic E-state index is 0.489. The number of hydrogen-bond donors (Lipinski definition) is 1. The van der Waals surface area contributed by atoms with E-state index in [-0.39, 0.29) is 0 Å². The number of allylic oxidation sites excluding steroid dienone is 1. The number of carbonyl (C=O) groups is 1. The Morgan fingerprint density at radius 1 is 1.41 bits per heavy atom. The fourth-order valence-corrected chi connectivity index (χ4v) is 1.58. The van der Waals surface area contributed by atoms with E-state index in [0.717, 1.165) is 22.4 Å². The molecule has 4 heteroatoms. The van der Waals surface area contributed by atoms with Crippen LogP contribution in [-0.4, -0.2) is 13.2 Å². The summed E-state index contributed by atoms with van der Waals surface area (Å²) in [4.78, 5) is 11.2. The van der Waals surface area contributed by atoms with Crippen LogP contribution >= 0.6 is 0 Å². The molecule has 0 unspecified atom stereocenters. The van der Waals surface area contributed by atoms with Crippen LogP contribution in [0.15, 0.2) is 18.2 Å². The van der Waals surface area contributed by atoms with Gasteiger partial charge in [0.1, 0.15) is 0 Å². The number of rotatable bonds is 2. The van der Waals surface area contributed by atoms with Crippen LogP contribution in [0.3, 0.4) is 0 Å². The molecule has 0 spiro atoms. The molecular weight excluding hydrogens is 216 g/mol. The Labute approximate surface area is 101 Å². The lowest BCUT2D eigenvalue weighted by atomic mass is 10.0. The first-order valence-corrected chi connectivity index (χ1v) is 5.11. The van der Waals surface area contributed by atoms with E-state index in [0.29, 0.717) is 0 Å². The van der Waals surface area contributed by atoms with Gasteiger partial charge in [0, 0.05) is 11.8 Å². The number of nitrogens with one attached hydrogen (secondary N) is 1. The monoisotopic (exact) mass is 230 g/mol. The van der Waals surface area contributed by atoms with E-state index in [1.165, 1.54) is 13.2 Å². The molecule has 0 bridgehead atoms. The molecule has 1 amide bonds. The van der Waals surface area contributed by atoms with E-state index < -0.39 is 6.09 Å². The van der Waals surface area contributed by atoms with E-state index >= 15 is 0 Å². The van der Waals surface area contributed by atoms with Crippen molar-refractivity contribution in [3.8, 4) is 6.07 Å². The lowest BCUT2D eigenvalue weighted by Crippen LogP contribution is -2.13. The first kappa shape index (κ1) is 12.8. The number of methoxy groups -OCH3 is 1. The van der Waals surface area contributed by atoms with Gasteiger partial charge in [-0.3, -0.25) is 5.32 Å². The number of ether oxygens (including phenoxy) is 1. The summed E-state index contributed by atoms with van der Waals surface area (Å²) >= 11 is 0. The van der Waals surface area contributed by atoms with Gasteiger partial charge in [0.15, 0.2) is 0 Å². The zero-order chi connectivity index (χ0) is 12.8. The van der Waals surface area contributed by atoms with Gasteiger partial charge in [-0.2, -0.15) is 5.26 Å². The molecule has 1 rings (SSSR count). The molecule has 0 aromatic heterocycles. The van der Waals surface area contributed by atoms with Crippen molar-refractivity contribution in [1.82, 2.24) is 0 Å². The molecule has 1 N–H and O–H groups in total. The molecule has 0 atom stereocenters. The van der Waals surface area contributed by atoms with Crippen LogP contribution in [0.5, 0.6) is 0 Å². The Morgan fingerprint density at radius 3 is 2.47 bits per heavy atom. The van der Waals surface area contributed by atoms with Crippen molar-refractivity contribution in [2.24, 2.45) is 0 Å². The summed E-state index contributed by atoms with van der Waals surface area (Å²) < 4.78 is 4.55. The Bertz CT molecular complexity index is 476. The molecule has 0 heterocycles. The second-order valence-corrected chi connectivity index (χ2v) is 3.61. The van der Waals surface area contributed by atoms with Gasteiger partial charge >= 0.3 is 6.09 Å². The minimum atomic E-state index is -0.489. The molecule has 0 saturated carbocycles. The fourth-order valence-electron chi connectivity index (χ4n) is 1.58. The van der Waals surface area contributed by atoms with Gasteiger partial charge in [0.25, 0.3) is 0 Å². The number of benzene rings is 1. The number of amides is 1. The Morgan fingerprint density at radius 2 is 2.00 bits per heavy atom. The maximum Gasteiger partial charge on any atom is 0.411 e. The first-order chi connectivity index (χ1) is 8.08. The zero-order valence-corrected chi connectivity index (χ0v) is 10.1. The molecule has 0 saturated heterocycles. The zero-order valence-electron chi connectivity index (χ0n) is 10.1. The predicted octanol–water partition coefficient (Wildman–Crippen LogP) is 3.02. The van der Waals surface area contributed by atoms with Crippen molar-refractivity contribution in [3.63, 3.8) is 0 Å². The predicted molar refractivity (Wildman–Crippen MR) is 66.6 cm³/mol. The molecule has 0 aliphatic carbocycles. The van der Waals surface area contributed by atoms with Crippen molar-refractivity contribution in [2.45, 2.75) is 13.8 Å². The van der Waals surface area contributed by atoms with Crippen LogP contribution in [-0.2, 0) is 4.74 Å². The van der Waals surface area contributed by atoms with E-state index in [9.17, 15) is 4.79 Å². The van der Waals surface area contributed by atoms with Gasteiger partial charge in [0.2, 0.25) is 0 Å². The number of carbonyl (C=O) groups excluding carboxylic acids is 1. The quantitative estimate of drug-likeness (QED) is 0.794. The van der Waals surface area contributed by atoms with Gasteiger partial charge < -0.3 is 4.74 Å². The highest BCUT2D eigenvalue weighted by molar-refractivity contribution is 5.87. The largest absolute Gasteiger partial charge is 0.453 e. The standard InChI is InChI=1S/C13H14N2O2/c1-9-7-11(5-4-6-14)8-10(2)12(9)15-13(16)17-3/h4-5,7-8H,1-3H3,(H,15,16)/b5-4+. The van der Waals surface area contributed by atoms with E-state index in [2.05, 4.69) is 10.1 Å². The summed E-state index contributed by atoms with van der Waals surface area (Å²) in [5.41, 5.74) is 3.52. The van der Waals surface area contributed by atoms with Gasteiger partial charge in [-0.25, -0.2) is 4.79 Å². The van der Waals surface area contributed by atoms with Gasteiger partial charge in [-0.15, -0.1) is 0 Å². The summed E-state index contributed by atoms with van der Waals surface area (Å²) in [5, 5.41) is 11.1. The topological polar surface area (TPSA) is 62.1 Å². The number of hydrogen-bond acceptors (Lipinski definition) is 3.